The van der Waals surface area contributed by atoms with Gasteiger partial charge in [-0.25, -0.2) is 0 Å². The van der Waals surface area contributed by atoms with Gasteiger partial charge in [0.1, 0.15) is 19.3 Å². The maximum atomic E-state index is 13.8. The van der Waals surface area contributed by atoms with Crippen LogP contribution in [0.25, 0.3) is 20.5 Å². The van der Waals surface area contributed by atoms with Crippen LogP contribution in [0.4, 0.5) is 0 Å². The highest BCUT2D eigenvalue weighted by atomic mass is 35.5. The highest BCUT2D eigenvalue weighted by Gasteiger charge is 2.39. The Morgan fingerprint density at radius 2 is 1.80 bits per heavy atom. The maximum absolute atomic E-state index is 13.8. The molecule has 0 N–H and O–H groups in total. The molecule has 41 heavy (non-hydrogen) atoms. The highest BCUT2D eigenvalue weighted by molar-refractivity contribution is 7.22. The normalized spacial score (nSPS) is 22.2. The summed E-state index contributed by atoms with van der Waals surface area (Å²) in [5, 5.41) is 1.97. The van der Waals surface area contributed by atoms with Crippen LogP contribution in [-0.4, -0.2) is 91.7 Å². The molecule has 10 heteroatoms. The van der Waals surface area contributed by atoms with Gasteiger partial charge in [0.25, 0.3) is 0 Å². The van der Waals surface area contributed by atoms with E-state index in [4.69, 9.17) is 32.7 Å². The molecule has 0 saturated carbocycles. The van der Waals surface area contributed by atoms with Crippen molar-refractivity contribution < 1.29 is 19.1 Å². The first-order chi connectivity index (χ1) is 19.9. The predicted octanol–water partition coefficient (Wildman–Crippen LogP) is 5.26. The fourth-order valence-electron chi connectivity index (χ4n) is 5.58. The van der Waals surface area contributed by atoms with Crippen molar-refractivity contribution in [3.05, 3.63) is 82.4 Å². The second-order valence-corrected chi connectivity index (χ2v) is 12.4. The summed E-state index contributed by atoms with van der Waals surface area (Å²) < 4.78 is 12.5. The molecule has 6 rings (SSSR count). The van der Waals surface area contributed by atoms with Gasteiger partial charge in [-0.3, -0.25) is 14.5 Å². The molecule has 1 aromatic heterocycles. The zero-order valence-electron chi connectivity index (χ0n) is 22.7. The molecule has 0 radical (unpaired) electrons. The van der Waals surface area contributed by atoms with E-state index in [0.717, 1.165) is 24.2 Å². The van der Waals surface area contributed by atoms with Crippen molar-refractivity contribution in [3.63, 3.8) is 0 Å². The Morgan fingerprint density at radius 3 is 2.56 bits per heavy atom. The summed E-state index contributed by atoms with van der Waals surface area (Å²) >= 11 is 14.2. The number of rotatable bonds is 7. The number of ether oxygens (including phenoxy) is 2. The molecule has 3 atom stereocenters. The van der Waals surface area contributed by atoms with Crippen LogP contribution in [0.5, 0.6) is 0 Å². The zero-order chi connectivity index (χ0) is 28.5. The van der Waals surface area contributed by atoms with Crippen molar-refractivity contribution in [2.45, 2.75) is 18.2 Å². The minimum atomic E-state index is -0.484. The number of benzene rings is 2. The minimum absolute atomic E-state index is 0.0779. The van der Waals surface area contributed by atoms with Crippen LogP contribution in [0, 0.1) is 0 Å². The first kappa shape index (κ1) is 28.4. The molecule has 3 heterocycles. The molecule has 214 valence electrons. The number of hydrogen-bond donors (Lipinski definition) is 0. The molecular formula is C31H31Cl2N3O4S. The number of hydrogen-bond acceptors (Lipinski definition) is 6. The smallest absolute Gasteiger partial charge is 0.249 e. The maximum Gasteiger partial charge on any atom is 0.249 e. The van der Waals surface area contributed by atoms with Crippen molar-refractivity contribution in [1.82, 2.24) is 14.7 Å². The Balaban J connectivity index is 1.23. The summed E-state index contributed by atoms with van der Waals surface area (Å²) in [6.07, 6.45) is 2.95. The lowest BCUT2D eigenvalue weighted by Gasteiger charge is -2.41. The van der Waals surface area contributed by atoms with Gasteiger partial charge < -0.3 is 19.3 Å². The Morgan fingerprint density at radius 1 is 1.07 bits per heavy atom. The van der Waals surface area contributed by atoms with Crippen molar-refractivity contribution in [2.24, 2.45) is 0 Å². The molecule has 3 unspecified atom stereocenters. The average molecular weight is 613 g/mol. The van der Waals surface area contributed by atoms with Crippen LogP contribution < -0.4 is 0 Å². The van der Waals surface area contributed by atoms with E-state index in [9.17, 15) is 9.59 Å². The fraction of sp³-hybridized carbons (Fsp3) is 0.355. The third kappa shape index (κ3) is 6.09. The second kappa shape index (κ2) is 12.3. The van der Waals surface area contributed by atoms with E-state index in [0.29, 0.717) is 29.8 Å². The monoisotopic (exact) mass is 611 g/mol. The molecule has 2 aromatic carbocycles. The van der Waals surface area contributed by atoms with E-state index in [1.54, 1.807) is 33.3 Å². The van der Waals surface area contributed by atoms with E-state index in [-0.39, 0.29) is 31.0 Å². The minimum Gasteiger partial charge on any atom is -0.379 e. The zero-order valence-corrected chi connectivity index (χ0v) is 25.0. The van der Waals surface area contributed by atoms with Crippen molar-refractivity contribution in [2.75, 3.05) is 53.0 Å². The first-order valence-electron chi connectivity index (χ1n) is 13.7. The topological polar surface area (TPSA) is 62.3 Å². The Kier molecular flexibility index (Phi) is 8.49. The molecular weight excluding hydrogens is 581 g/mol. The SMILES string of the molecule is CN(C(=O)CN1C(=O)COC2C=C(Cl)C(Cl)=CC21)C(CN1CCOCC1)c1ccc(-c2cc3ccccc3s2)cc1. The highest BCUT2D eigenvalue weighted by Crippen LogP contribution is 2.35. The van der Waals surface area contributed by atoms with Crippen LogP contribution in [0.2, 0.25) is 0 Å². The summed E-state index contributed by atoms with van der Waals surface area (Å²) in [4.78, 5) is 33.5. The number of carbonyl (C=O) groups excluding carboxylic acids is 2. The summed E-state index contributed by atoms with van der Waals surface area (Å²) in [7, 11) is 1.82. The number of amides is 2. The van der Waals surface area contributed by atoms with Gasteiger partial charge in [-0.15, -0.1) is 11.3 Å². The molecule has 0 bridgehead atoms. The lowest BCUT2D eigenvalue weighted by molar-refractivity contribution is -0.155. The molecule has 2 fully saturated rings. The van der Waals surface area contributed by atoms with E-state index >= 15 is 0 Å². The molecule has 2 aliphatic heterocycles. The first-order valence-corrected chi connectivity index (χ1v) is 15.3. The standard InChI is InChI=1S/C31H31Cl2N3O4S/c1-34(30(37)18-36-25-15-23(32)24(33)16-27(25)40-19-31(36)38)26(17-35-10-12-39-13-11-35)20-6-8-21(9-7-20)29-14-22-4-2-3-5-28(22)41-29/h2-9,14-16,25-27H,10-13,17-19H2,1H3. The quantitative estimate of drug-likeness (QED) is 0.365. The largest absolute Gasteiger partial charge is 0.379 e. The lowest BCUT2D eigenvalue weighted by atomic mass is 10.0. The Bertz CT molecular complexity index is 1470. The second-order valence-electron chi connectivity index (χ2n) is 10.5. The number of halogens is 2. The molecule has 2 amide bonds. The van der Waals surface area contributed by atoms with Crippen LogP contribution in [-0.2, 0) is 19.1 Å². The van der Waals surface area contributed by atoms with Gasteiger partial charge in [0, 0.05) is 36.3 Å². The predicted molar refractivity (Wildman–Crippen MR) is 163 cm³/mol. The van der Waals surface area contributed by atoms with Crippen LogP contribution >= 0.6 is 34.5 Å². The summed E-state index contributed by atoms with van der Waals surface area (Å²) in [5.41, 5.74) is 2.19. The summed E-state index contributed by atoms with van der Waals surface area (Å²) in [6, 6.07) is 18.4. The number of thiophene rings is 1. The van der Waals surface area contributed by atoms with Gasteiger partial charge in [0.05, 0.1) is 35.4 Å². The lowest BCUT2D eigenvalue weighted by Crippen LogP contribution is -2.57. The molecule has 7 nitrogen and oxygen atoms in total. The number of carbonyl (C=O) groups is 2. The fourth-order valence-corrected chi connectivity index (χ4v) is 7.02. The van der Waals surface area contributed by atoms with Gasteiger partial charge in [0.2, 0.25) is 11.8 Å². The number of nitrogens with zero attached hydrogens (tertiary/aromatic N) is 3. The molecule has 3 aromatic rings. The number of fused-ring (bicyclic) bond motifs is 2. The number of likely N-dealkylation sites (N-methyl/N-ethyl adjacent to an activating group) is 1. The Hall–Kier alpha value is -2.72. The Labute approximate surface area is 253 Å². The van der Waals surface area contributed by atoms with E-state index < -0.39 is 12.1 Å². The van der Waals surface area contributed by atoms with E-state index in [2.05, 4.69) is 59.5 Å². The average Bonchev–Trinajstić information content (AvgIpc) is 3.43. The van der Waals surface area contributed by atoms with Crippen molar-refractivity contribution in [1.29, 1.82) is 0 Å². The van der Waals surface area contributed by atoms with Gasteiger partial charge in [0.15, 0.2) is 0 Å². The molecule has 1 aliphatic carbocycles. The summed E-state index contributed by atoms with van der Waals surface area (Å²) in [6.45, 7) is 3.43. The van der Waals surface area contributed by atoms with E-state index in [1.807, 2.05) is 7.05 Å². The van der Waals surface area contributed by atoms with Gasteiger partial charge in [-0.1, -0.05) is 65.7 Å². The third-order valence-electron chi connectivity index (χ3n) is 7.98. The van der Waals surface area contributed by atoms with E-state index in [1.165, 1.54) is 15.0 Å². The van der Waals surface area contributed by atoms with Crippen molar-refractivity contribution in [3.8, 4) is 10.4 Å². The van der Waals surface area contributed by atoms with Gasteiger partial charge in [-0.05, 0) is 40.8 Å². The summed E-state index contributed by atoms with van der Waals surface area (Å²) in [5.74, 6) is -0.409. The van der Waals surface area contributed by atoms with Gasteiger partial charge >= 0.3 is 0 Å². The van der Waals surface area contributed by atoms with Crippen LogP contribution in [0.1, 0.15) is 11.6 Å². The van der Waals surface area contributed by atoms with Crippen molar-refractivity contribution >= 4 is 56.4 Å². The number of allylic oxidation sites excluding steroid dienone is 2. The molecule has 3 aliphatic rings. The van der Waals surface area contributed by atoms with Crippen LogP contribution in [0.15, 0.2) is 76.8 Å². The third-order valence-corrected chi connectivity index (χ3v) is 9.90. The van der Waals surface area contributed by atoms with Gasteiger partial charge in [-0.2, -0.15) is 0 Å². The molecule has 0 spiro atoms. The number of morpholine rings is 2. The van der Waals surface area contributed by atoms with Crippen LogP contribution in [0.3, 0.4) is 0 Å². The molecule has 2 saturated heterocycles.